The van der Waals surface area contributed by atoms with Gasteiger partial charge >= 0.3 is 0 Å². The van der Waals surface area contributed by atoms with Gasteiger partial charge in [0.15, 0.2) is 0 Å². The van der Waals surface area contributed by atoms with Crippen molar-refractivity contribution < 1.29 is 9.13 Å². The fourth-order valence-electron chi connectivity index (χ4n) is 3.34. The molecule has 2 rings (SSSR count). The average molecular weight is 379 g/mol. The summed E-state index contributed by atoms with van der Waals surface area (Å²) < 4.78 is 20.8. The molecule has 0 bridgehead atoms. The maximum absolute atomic E-state index is 14.5. The summed E-state index contributed by atoms with van der Waals surface area (Å²) >= 11 is 9.29. The molecule has 0 amide bonds. The molecule has 1 aromatic carbocycles. The van der Waals surface area contributed by atoms with Gasteiger partial charge in [-0.25, -0.2) is 4.39 Å². The number of methoxy groups -OCH3 is 1. The summed E-state index contributed by atoms with van der Waals surface area (Å²) in [5.41, 5.74) is 0.572. The van der Waals surface area contributed by atoms with Crippen molar-refractivity contribution in [2.45, 2.75) is 44.2 Å². The minimum Gasteiger partial charge on any atom is -0.379 e. The third-order valence-corrected chi connectivity index (χ3v) is 5.68. The molecular weight excluding hydrogens is 357 g/mol. The summed E-state index contributed by atoms with van der Waals surface area (Å²) in [5, 5.41) is 3.35. The van der Waals surface area contributed by atoms with Crippen molar-refractivity contribution in [3.8, 4) is 0 Å². The summed E-state index contributed by atoms with van der Waals surface area (Å²) in [6, 6.07) is 3.38. The highest BCUT2D eigenvalue weighted by Crippen LogP contribution is 2.37. The van der Waals surface area contributed by atoms with Crippen LogP contribution in [-0.2, 0) is 4.74 Å². The molecule has 1 saturated carbocycles. The van der Waals surface area contributed by atoms with Crippen LogP contribution in [0.25, 0.3) is 0 Å². The summed E-state index contributed by atoms with van der Waals surface area (Å²) in [5.74, 6) is 0.0891. The third-order valence-electron chi connectivity index (χ3n) is 4.43. The lowest BCUT2D eigenvalue weighted by Gasteiger charge is -2.35. The van der Waals surface area contributed by atoms with E-state index in [1.54, 1.807) is 19.2 Å². The first-order valence-corrected chi connectivity index (χ1v) is 8.60. The van der Waals surface area contributed by atoms with E-state index in [0.717, 1.165) is 12.8 Å². The number of hydrogen-bond acceptors (Lipinski definition) is 2. The molecule has 0 aromatic heterocycles. The molecule has 0 saturated heterocycles. The smallest absolute Gasteiger partial charge is 0.147 e. The van der Waals surface area contributed by atoms with Gasteiger partial charge in [0.1, 0.15) is 5.82 Å². The van der Waals surface area contributed by atoms with E-state index in [-0.39, 0.29) is 23.0 Å². The Morgan fingerprint density at radius 3 is 2.57 bits per heavy atom. The van der Waals surface area contributed by atoms with E-state index in [2.05, 4.69) is 21.2 Å². The van der Waals surface area contributed by atoms with Crippen molar-refractivity contribution in [1.82, 2.24) is 5.32 Å². The summed E-state index contributed by atoms with van der Waals surface area (Å²) in [4.78, 5) is 0. The van der Waals surface area contributed by atoms with Gasteiger partial charge in [-0.05, 0) is 47.8 Å². The van der Waals surface area contributed by atoms with Crippen LogP contribution in [0.1, 0.15) is 43.7 Å². The summed E-state index contributed by atoms with van der Waals surface area (Å²) in [6.45, 7) is 0. The maximum Gasteiger partial charge on any atom is 0.147 e. The van der Waals surface area contributed by atoms with Crippen LogP contribution < -0.4 is 5.32 Å². The van der Waals surface area contributed by atoms with Gasteiger partial charge in [0.2, 0.25) is 0 Å². The van der Waals surface area contributed by atoms with Gasteiger partial charge in [0.05, 0.1) is 17.2 Å². The first kappa shape index (κ1) is 17.2. The van der Waals surface area contributed by atoms with Crippen LogP contribution >= 0.6 is 27.5 Å². The number of halogens is 3. The van der Waals surface area contributed by atoms with Crippen LogP contribution in [0.4, 0.5) is 4.39 Å². The molecule has 1 N–H and O–H groups in total. The first-order chi connectivity index (χ1) is 10.1. The summed E-state index contributed by atoms with van der Waals surface area (Å²) in [7, 11) is 3.55. The normalized spacial score (nSPS) is 19.5. The lowest BCUT2D eigenvalue weighted by Crippen LogP contribution is -2.38. The highest BCUT2D eigenvalue weighted by atomic mass is 79.9. The average Bonchev–Trinajstić information content (AvgIpc) is 2.52. The molecule has 1 aromatic rings. The molecule has 1 aliphatic rings. The lowest BCUT2D eigenvalue weighted by molar-refractivity contribution is 0.00858. The third kappa shape index (κ3) is 3.79. The Hall–Kier alpha value is -0.160. The van der Waals surface area contributed by atoms with Gasteiger partial charge < -0.3 is 10.1 Å². The Kier molecular flexibility index (Phi) is 6.48. The molecule has 2 unspecified atom stereocenters. The highest BCUT2D eigenvalue weighted by molar-refractivity contribution is 9.10. The zero-order valence-electron chi connectivity index (χ0n) is 12.5. The van der Waals surface area contributed by atoms with E-state index < -0.39 is 0 Å². The molecule has 1 fully saturated rings. The Morgan fingerprint density at radius 2 is 2.00 bits per heavy atom. The van der Waals surface area contributed by atoms with Crippen molar-refractivity contribution >= 4 is 27.5 Å². The van der Waals surface area contributed by atoms with Crippen molar-refractivity contribution in [1.29, 1.82) is 0 Å². The Labute approximate surface area is 139 Å². The first-order valence-electron chi connectivity index (χ1n) is 7.43. The largest absolute Gasteiger partial charge is 0.379 e. The second-order valence-corrected chi connectivity index (χ2v) is 6.86. The molecule has 0 heterocycles. The SMILES string of the molecule is CNC(c1ccc(Br)c(Cl)c1F)C(OC)C1CCCCC1. The van der Waals surface area contributed by atoms with Gasteiger partial charge in [0.25, 0.3) is 0 Å². The topological polar surface area (TPSA) is 21.3 Å². The summed E-state index contributed by atoms with van der Waals surface area (Å²) in [6.07, 6.45) is 5.98. The number of benzene rings is 1. The molecule has 0 spiro atoms. The van der Waals surface area contributed by atoms with Crippen molar-refractivity contribution in [3.05, 3.63) is 33.0 Å². The van der Waals surface area contributed by atoms with Crippen LogP contribution in [0, 0.1) is 11.7 Å². The molecular formula is C16H22BrClFNO. The van der Waals surface area contributed by atoms with Crippen LogP contribution in [0.2, 0.25) is 5.02 Å². The molecule has 2 atom stereocenters. The minimum absolute atomic E-state index is 0.0398. The number of rotatable bonds is 5. The zero-order valence-corrected chi connectivity index (χ0v) is 14.8. The van der Waals surface area contributed by atoms with Gasteiger partial charge in [-0.2, -0.15) is 0 Å². The van der Waals surface area contributed by atoms with Crippen molar-refractivity contribution in [2.24, 2.45) is 5.92 Å². The Bertz CT molecular complexity index is 480. The van der Waals surface area contributed by atoms with E-state index in [1.807, 2.05) is 7.05 Å². The molecule has 118 valence electrons. The van der Waals surface area contributed by atoms with Crippen molar-refractivity contribution in [3.63, 3.8) is 0 Å². The molecule has 5 heteroatoms. The molecule has 0 radical (unpaired) electrons. The minimum atomic E-state index is -0.372. The number of hydrogen-bond donors (Lipinski definition) is 1. The lowest BCUT2D eigenvalue weighted by atomic mass is 9.81. The Morgan fingerprint density at radius 1 is 1.33 bits per heavy atom. The predicted octanol–water partition coefficient (Wildman–Crippen LogP) is 5.10. The number of nitrogens with one attached hydrogen (secondary N) is 1. The van der Waals surface area contributed by atoms with E-state index in [1.165, 1.54) is 19.3 Å². The van der Waals surface area contributed by atoms with Crippen LogP contribution in [0.5, 0.6) is 0 Å². The second-order valence-electron chi connectivity index (χ2n) is 5.63. The number of likely N-dealkylation sites (N-methyl/N-ethyl adjacent to an activating group) is 1. The van der Waals surface area contributed by atoms with E-state index >= 15 is 0 Å². The molecule has 2 nitrogen and oxygen atoms in total. The fraction of sp³-hybridized carbons (Fsp3) is 0.625. The standard InChI is InChI=1S/C16H22BrClFNO/c1-20-15(11-8-9-12(17)13(18)14(11)19)16(21-2)10-6-4-3-5-7-10/h8-10,15-16,20H,3-7H2,1-2H3. The van der Waals surface area contributed by atoms with Crippen LogP contribution in [0.15, 0.2) is 16.6 Å². The van der Waals surface area contributed by atoms with Crippen LogP contribution in [-0.4, -0.2) is 20.3 Å². The molecule has 1 aliphatic carbocycles. The van der Waals surface area contributed by atoms with Gasteiger partial charge in [0, 0.05) is 17.1 Å². The fourth-order valence-corrected chi connectivity index (χ4v) is 3.82. The van der Waals surface area contributed by atoms with E-state index in [4.69, 9.17) is 16.3 Å². The number of ether oxygens (including phenoxy) is 1. The van der Waals surface area contributed by atoms with Crippen LogP contribution in [0.3, 0.4) is 0 Å². The quantitative estimate of drug-likeness (QED) is 0.720. The van der Waals surface area contributed by atoms with E-state index in [9.17, 15) is 4.39 Å². The maximum atomic E-state index is 14.5. The van der Waals surface area contributed by atoms with Gasteiger partial charge in [-0.3, -0.25) is 0 Å². The monoisotopic (exact) mass is 377 g/mol. The van der Waals surface area contributed by atoms with Crippen molar-refractivity contribution in [2.75, 3.05) is 14.2 Å². The predicted molar refractivity (Wildman–Crippen MR) is 88.3 cm³/mol. The molecule has 0 aliphatic heterocycles. The zero-order chi connectivity index (χ0) is 15.4. The van der Waals surface area contributed by atoms with Gasteiger partial charge in [-0.1, -0.05) is 36.9 Å². The van der Waals surface area contributed by atoms with E-state index in [0.29, 0.717) is 16.0 Å². The second kappa shape index (κ2) is 7.91. The van der Waals surface area contributed by atoms with Gasteiger partial charge in [-0.15, -0.1) is 0 Å². The molecule has 21 heavy (non-hydrogen) atoms. The highest BCUT2D eigenvalue weighted by Gasteiger charge is 2.32. The Balaban J connectivity index is 2.30.